The first-order chi connectivity index (χ1) is 7.78. The van der Waals surface area contributed by atoms with Gasteiger partial charge in [0.05, 0.1) is 13.7 Å². The third-order valence-electron chi connectivity index (χ3n) is 1.63. The zero-order chi connectivity index (χ0) is 11.4. The number of rotatable bonds is 4. The van der Waals surface area contributed by atoms with E-state index in [2.05, 4.69) is 34.9 Å². The second-order valence-corrected chi connectivity index (χ2v) is 2.70. The normalized spacial score (nSPS) is 10.1. The Morgan fingerprint density at radius 1 is 1.44 bits per heavy atom. The molecule has 0 atom stereocenters. The molecule has 0 bridgehead atoms. The fraction of sp³-hybridized carbons (Fsp3) is 0.286. The van der Waals surface area contributed by atoms with Crippen molar-refractivity contribution in [3.63, 3.8) is 0 Å². The zero-order valence-electron chi connectivity index (χ0n) is 8.41. The molecule has 0 saturated heterocycles. The minimum absolute atomic E-state index is 0.0717. The highest BCUT2D eigenvalue weighted by Crippen LogP contribution is 2.08. The molecule has 0 unspecified atom stereocenters. The van der Waals surface area contributed by atoms with Crippen LogP contribution in [0.15, 0.2) is 10.9 Å². The molecule has 0 fully saturated rings. The second kappa shape index (κ2) is 4.38. The van der Waals surface area contributed by atoms with Gasteiger partial charge in [0.2, 0.25) is 18.3 Å². The third-order valence-corrected chi connectivity index (χ3v) is 1.63. The first kappa shape index (κ1) is 10.1. The van der Waals surface area contributed by atoms with Gasteiger partial charge in [-0.05, 0) is 0 Å². The molecule has 16 heavy (non-hydrogen) atoms. The summed E-state index contributed by atoms with van der Waals surface area (Å²) in [5.74, 6) is 0.842. The molecule has 2 aromatic rings. The number of methoxy groups -OCH3 is 1. The zero-order valence-corrected chi connectivity index (χ0v) is 8.41. The van der Waals surface area contributed by atoms with Gasteiger partial charge in [-0.3, -0.25) is 0 Å². The molecule has 0 aliphatic heterocycles. The van der Waals surface area contributed by atoms with Gasteiger partial charge < -0.3 is 20.3 Å². The van der Waals surface area contributed by atoms with Crippen LogP contribution in [-0.4, -0.2) is 32.2 Å². The number of nitrogens with zero attached hydrogens (tertiary/aromatic N) is 5. The molecule has 9 heteroatoms. The lowest BCUT2D eigenvalue weighted by molar-refractivity contribution is 0.379. The van der Waals surface area contributed by atoms with Crippen LogP contribution in [0.5, 0.6) is 6.01 Å². The number of hydrogen-bond donors (Lipinski definition) is 2. The number of nitrogens with one attached hydrogen (secondary N) is 1. The van der Waals surface area contributed by atoms with Crippen LogP contribution in [0.1, 0.15) is 5.82 Å². The Morgan fingerprint density at radius 3 is 3.00 bits per heavy atom. The van der Waals surface area contributed by atoms with Gasteiger partial charge in [0, 0.05) is 0 Å². The highest BCUT2D eigenvalue weighted by atomic mass is 16.5. The lowest BCUT2D eigenvalue weighted by Gasteiger charge is -2.03. The topological polar surface area (TPSA) is 125 Å². The number of aromatic nitrogens is 5. The molecule has 0 saturated carbocycles. The van der Waals surface area contributed by atoms with E-state index in [1.165, 1.54) is 13.5 Å². The van der Waals surface area contributed by atoms with Crippen LogP contribution in [0.2, 0.25) is 0 Å². The number of nitrogen functional groups attached to an aromatic ring is 1. The molecular formula is C7H9N7O2. The summed E-state index contributed by atoms with van der Waals surface area (Å²) in [4.78, 5) is 15.4. The van der Waals surface area contributed by atoms with Gasteiger partial charge in [-0.25, -0.2) is 0 Å². The van der Waals surface area contributed by atoms with E-state index in [1.807, 2.05) is 0 Å². The first-order valence-electron chi connectivity index (χ1n) is 4.32. The molecule has 0 aliphatic rings. The summed E-state index contributed by atoms with van der Waals surface area (Å²) < 4.78 is 9.41. The predicted octanol–water partition coefficient (Wildman–Crippen LogP) is -0.543. The van der Waals surface area contributed by atoms with E-state index < -0.39 is 0 Å². The molecule has 2 aromatic heterocycles. The molecule has 0 spiro atoms. The summed E-state index contributed by atoms with van der Waals surface area (Å²) in [5, 5.41) is 6.47. The summed E-state index contributed by atoms with van der Waals surface area (Å²) in [6, 6.07) is 0.142. The Bertz CT molecular complexity index is 458. The number of nitrogens with two attached hydrogens (primary N) is 1. The van der Waals surface area contributed by atoms with E-state index in [9.17, 15) is 0 Å². The molecule has 2 heterocycles. The van der Waals surface area contributed by atoms with Crippen LogP contribution < -0.4 is 15.8 Å². The van der Waals surface area contributed by atoms with Crippen LogP contribution in [-0.2, 0) is 6.54 Å². The van der Waals surface area contributed by atoms with Gasteiger partial charge in [0.25, 0.3) is 0 Å². The fourth-order valence-electron chi connectivity index (χ4n) is 0.971. The lowest BCUT2D eigenvalue weighted by atomic mass is 10.6. The van der Waals surface area contributed by atoms with Gasteiger partial charge >= 0.3 is 6.01 Å². The Kier molecular flexibility index (Phi) is 2.76. The maximum Gasteiger partial charge on any atom is 0.322 e. The van der Waals surface area contributed by atoms with E-state index in [4.69, 9.17) is 10.5 Å². The van der Waals surface area contributed by atoms with Crippen molar-refractivity contribution in [2.24, 2.45) is 0 Å². The van der Waals surface area contributed by atoms with E-state index in [1.54, 1.807) is 0 Å². The number of anilines is 2. The molecule has 84 valence electrons. The van der Waals surface area contributed by atoms with Crippen molar-refractivity contribution < 1.29 is 9.26 Å². The van der Waals surface area contributed by atoms with E-state index in [0.717, 1.165) is 0 Å². The monoisotopic (exact) mass is 223 g/mol. The summed E-state index contributed by atoms with van der Waals surface area (Å²) in [5.41, 5.74) is 5.45. The smallest absolute Gasteiger partial charge is 0.322 e. The Hall–Kier alpha value is -2.45. The number of hydrogen-bond acceptors (Lipinski definition) is 9. The van der Waals surface area contributed by atoms with Gasteiger partial charge in [0.1, 0.15) is 0 Å². The average molecular weight is 223 g/mol. The number of ether oxygens (including phenoxy) is 1. The molecule has 0 radical (unpaired) electrons. The van der Waals surface area contributed by atoms with Crippen molar-refractivity contribution in [1.82, 2.24) is 25.1 Å². The van der Waals surface area contributed by atoms with Crippen molar-refractivity contribution >= 4 is 11.9 Å². The molecule has 9 nitrogen and oxygen atoms in total. The van der Waals surface area contributed by atoms with Crippen molar-refractivity contribution in [3.8, 4) is 6.01 Å². The van der Waals surface area contributed by atoms with Crippen LogP contribution in [0, 0.1) is 0 Å². The standard InChI is InChI=1S/C7H9N7O2/c1-15-7-12-5(8)11-6(13-7)9-2-4-10-3-16-14-4/h3H,2H2,1H3,(H3,8,9,11,12,13). The summed E-state index contributed by atoms with van der Waals surface area (Å²) in [6.45, 7) is 0.323. The van der Waals surface area contributed by atoms with Gasteiger partial charge in [-0.2, -0.15) is 19.9 Å². The van der Waals surface area contributed by atoms with Crippen LogP contribution in [0.3, 0.4) is 0 Å². The molecule has 0 aromatic carbocycles. The predicted molar refractivity (Wildman–Crippen MR) is 52.4 cm³/mol. The Balaban J connectivity index is 2.06. The summed E-state index contributed by atoms with van der Waals surface area (Å²) >= 11 is 0. The van der Waals surface area contributed by atoms with Crippen molar-refractivity contribution in [2.45, 2.75) is 6.54 Å². The van der Waals surface area contributed by atoms with Crippen LogP contribution in [0.4, 0.5) is 11.9 Å². The van der Waals surface area contributed by atoms with E-state index in [0.29, 0.717) is 12.4 Å². The minimum Gasteiger partial charge on any atom is -0.467 e. The van der Waals surface area contributed by atoms with Gasteiger partial charge in [-0.1, -0.05) is 5.16 Å². The Morgan fingerprint density at radius 2 is 2.31 bits per heavy atom. The average Bonchev–Trinajstić information content (AvgIpc) is 2.78. The van der Waals surface area contributed by atoms with Crippen LogP contribution >= 0.6 is 0 Å². The maximum absolute atomic E-state index is 5.45. The second-order valence-electron chi connectivity index (χ2n) is 2.70. The lowest BCUT2D eigenvalue weighted by Crippen LogP contribution is -2.08. The molecule has 2 rings (SSSR count). The molecular weight excluding hydrogens is 214 g/mol. The van der Waals surface area contributed by atoms with E-state index in [-0.39, 0.29) is 17.9 Å². The summed E-state index contributed by atoms with van der Waals surface area (Å²) in [7, 11) is 1.44. The maximum atomic E-state index is 5.45. The highest BCUT2D eigenvalue weighted by molar-refractivity contribution is 5.32. The third kappa shape index (κ3) is 2.32. The summed E-state index contributed by atoms with van der Waals surface area (Å²) in [6.07, 6.45) is 1.24. The van der Waals surface area contributed by atoms with Crippen molar-refractivity contribution in [3.05, 3.63) is 12.2 Å². The quantitative estimate of drug-likeness (QED) is 0.702. The van der Waals surface area contributed by atoms with Crippen LogP contribution in [0.25, 0.3) is 0 Å². The first-order valence-corrected chi connectivity index (χ1v) is 4.32. The minimum atomic E-state index is 0.0717. The van der Waals surface area contributed by atoms with Crippen molar-refractivity contribution in [2.75, 3.05) is 18.2 Å². The fourth-order valence-corrected chi connectivity index (χ4v) is 0.971. The Labute approximate surface area is 90.1 Å². The molecule has 3 N–H and O–H groups in total. The molecule has 0 aliphatic carbocycles. The van der Waals surface area contributed by atoms with Crippen molar-refractivity contribution in [1.29, 1.82) is 0 Å². The molecule has 0 amide bonds. The van der Waals surface area contributed by atoms with Gasteiger partial charge in [-0.15, -0.1) is 0 Å². The highest BCUT2D eigenvalue weighted by Gasteiger charge is 2.05. The van der Waals surface area contributed by atoms with Gasteiger partial charge in [0.15, 0.2) is 5.82 Å². The van der Waals surface area contributed by atoms with E-state index >= 15 is 0 Å². The largest absolute Gasteiger partial charge is 0.467 e. The SMILES string of the molecule is COc1nc(N)nc(NCc2ncon2)n1.